The fourth-order valence-corrected chi connectivity index (χ4v) is 4.88. The van der Waals surface area contributed by atoms with Crippen LogP contribution in [0.25, 0.3) is 0 Å². The molecule has 2 aliphatic heterocycles. The van der Waals surface area contributed by atoms with Gasteiger partial charge >= 0.3 is 0 Å². The highest BCUT2D eigenvalue weighted by Gasteiger charge is 2.48. The second-order valence-electron chi connectivity index (χ2n) is 6.39. The Kier molecular flexibility index (Phi) is 3.62. The van der Waals surface area contributed by atoms with Crippen LogP contribution in [0.15, 0.2) is 29.7 Å². The van der Waals surface area contributed by atoms with Gasteiger partial charge in [0.2, 0.25) is 11.8 Å². The van der Waals surface area contributed by atoms with Crippen molar-refractivity contribution in [3.8, 4) is 0 Å². The molecular formula is C17H20N2O2S. The van der Waals surface area contributed by atoms with Crippen molar-refractivity contribution < 1.29 is 9.59 Å². The average Bonchev–Trinajstić information content (AvgIpc) is 3.25. The maximum Gasteiger partial charge on any atom is 0.234 e. The molecule has 3 aliphatic rings. The molecule has 0 spiro atoms. The number of hydrogen-bond acceptors (Lipinski definition) is 4. The molecule has 0 unspecified atom stereocenters. The fourth-order valence-electron chi connectivity index (χ4n) is 3.99. The first-order valence-corrected chi connectivity index (χ1v) is 8.91. The van der Waals surface area contributed by atoms with E-state index < -0.39 is 0 Å². The van der Waals surface area contributed by atoms with Gasteiger partial charge in [-0.05, 0) is 37.1 Å². The van der Waals surface area contributed by atoms with E-state index >= 15 is 0 Å². The first kappa shape index (κ1) is 14.2. The largest absolute Gasteiger partial charge is 0.278 e. The van der Waals surface area contributed by atoms with Crippen LogP contribution in [0.3, 0.4) is 0 Å². The smallest absolute Gasteiger partial charge is 0.234 e. The van der Waals surface area contributed by atoms with Gasteiger partial charge in [0, 0.05) is 17.5 Å². The number of carbonyl (C=O) groups is 2. The zero-order valence-corrected chi connectivity index (χ0v) is 13.3. The van der Waals surface area contributed by atoms with Crippen molar-refractivity contribution >= 4 is 23.2 Å². The molecule has 5 heteroatoms. The number of hydrogen-bond donors (Lipinski definition) is 0. The Morgan fingerprint density at radius 2 is 1.86 bits per heavy atom. The van der Waals surface area contributed by atoms with Gasteiger partial charge in [-0.1, -0.05) is 18.2 Å². The minimum absolute atomic E-state index is 0.0381. The van der Waals surface area contributed by atoms with Crippen molar-refractivity contribution in [2.75, 3.05) is 13.2 Å². The second kappa shape index (κ2) is 5.63. The predicted octanol–water partition coefficient (Wildman–Crippen LogP) is 2.79. The molecule has 3 atom stereocenters. The van der Waals surface area contributed by atoms with Crippen LogP contribution in [-0.4, -0.2) is 34.8 Å². The normalized spacial score (nSPS) is 32.0. The van der Waals surface area contributed by atoms with Crippen LogP contribution < -0.4 is 0 Å². The van der Waals surface area contributed by atoms with E-state index in [4.69, 9.17) is 0 Å². The van der Waals surface area contributed by atoms with E-state index in [0.717, 1.165) is 32.2 Å². The van der Waals surface area contributed by atoms with Gasteiger partial charge in [-0.25, -0.2) is 0 Å². The number of amides is 2. The maximum absolute atomic E-state index is 12.6. The van der Waals surface area contributed by atoms with Crippen LogP contribution >= 0.6 is 11.3 Å². The molecule has 4 rings (SSSR count). The molecule has 2 fully saturated rings. The van der Waals surface area contributed by atoms with E-state index in [1.807, 2.05) is 12.2 Å². The fraction of sp³-hybridized carbons (Fsp3) is 0.529. The topological polar surface area (TPSA) is 40.6 Å². The molecule has 1 aromatic rings. The summed E-state index contributed by atoms with van der Waals surface area (Å²) >= 11 is 1.76. The highest BCUT2D eigenvalue weighted by Crippen LogP contribution is 2.38. The number of fused-ring (bicyclic) bond motifs is 1. The van der Waals surface area contributed by atoms with Gasteiger partial charge in [0.05, 0.1) is 18.5 Å². The Morgan fingerprint density at radius 1 is 1.14 bits per heavy atom. The molecule has 2 saturated heterocycles. The van der Waals surface area contributed by atoms with E-state index in [0.29, 0.717) is 12.7 Å². The predicted molar refractivity (Wildman–Crippen MR) is 85.1 cm³/mol. The quantitative estimate of drug-likeness (QED) is 0.636. The average molecular weight is 316 g/mol. The Morgan fingerprint density at radius 3 is 2.50 bits per heavy atom. The number of thiophene rings is 1. The lowest BCUT2D eigenvalue weighted by Gasteiger charge is -2.28. The monoisotopic (exact) mass is 316 g/mol. The van der Waals surface area contributed by atoms with Crippen LogP contribution in [0.5, 0.6) is 0 Å². The molecule has 0 N–H and O–H groups in total. The molecule has 22 heavy (non-hydrogen) atoms. The summed E-state index contributed by atoms with van der Waals surface area (Å²) in [5, 5.41) is 2.10. The van der Waals surface area contributed by atoms with Gasteiger partial charge in [0.25, 0.3) is 0 Å². The lowest BCUT2D eigenvalue weighted by Crippen LogP contribution is -2.41. The third-order valence-corrected chi connectivity index (χ3v) is 6.13. The van der Waals surface area contributed by atoms with Crippen LogP contribution in [0.4, 0.5) is 0 Å². The molecule has 0 bridgehead atoms. The summed E-state index contributed by atoms with van der Waals surface area (Å²) in [5.41, 5.74) is 0. The van der Waals surface area contributed by atoms with Crippen molar-refractivity contribution in [2.45, 2.75) is 31.7 Å². The zero-order valence-electron chi connectivity index (χ0n) is 12.5. The Balaban J connectivity index is 1.51. The van der Waals surface area contributed by atoms with E-state index in [2.05, 4.69) is 22.4 Å². The van der Waals surface area contributed by atoms with Crippen LogP contribution in [-0.2, 0) is 9.59 Å². The highest BCUT2D eigenvalue weighted by atomic mass is 32.1. The van der Waals surface area contributed by atoms with Crippen LogP contribution in [0.1, 0.15) is 36.6 Å². The SMILES string of the molecule is O=C1[C@@H]2CC=CC[C@H]2C(=O)N1CN1CCC[C@H]1c1cccs1. The Bertz CT molecular complexity index is 584. The molecule has 1 aromatic heterocycles. The van der Waals surface area contributed by atoms with Gasteiger partial charge in [-0.2, -0.15) is 0 Å². The summed E-state index contributed by atoms with van der Waals surface area (Å²) in [5.74, 6) is -0.145. The number of nitrogens with zero attached hydrogens (tertiary/aromatic N) is 2. The number of rotatable bonds is 3. The first-order valence-electron chi connectivity index (χ1n) is 8.03. The first-order chi connectivity index (χ1) is 10.8. The summed E-state index contributed by atoms with van der Waals surface area (Å²) in [6.07, 6.45) is 7.78. The van der Waals surface area contributed by atoms with Crippen LogP contribution in [0, 0.1) is 11.8 Å². The standard InChI is InChI=1S/C17H20N2O2S/c20-16-12-5-1-2-6-13(12)17(21)19(16)11-18-9-3-7-14(18)15-8-4-10-22-15/h1-2,4,8,10,12-14H,3,5-7,9,11H2/t12-,13-,14+/m1/s1. The lowest BCUT2D eigenvalue weighted by atomic mass is 9.85. The summed E-state index contributed by atoms with van der Waals surface area (Å²) in [6, 6.07) is 4.59. The van der Waals surface area contributed by atoms with E-state index in [1.54, 1.807) is 11.3 Å². The second-order valence-corrected chi connectivity index (χ2v) is 7.37. The van der Waals surface area contributed by atoms with Gasteiger partial charge in [0.15, 0.2) is 0 Å². The Labute approximate surface area is 134 Å². The van der Waals surface area contributed by atoms with E-state index in [1.165, 1.54) is 9.78 Å². The highest BCUT2D eigenvalue weighted by molar-refractivity contribution is 7.10. The number of likely N-dealkylation sites (tertiary alicyclic amines) is 2. The zero-order chi connectivity index (χ0) is 15.1. The van der Waals surface area contributed by atoms with Crippen molar-refractivity contribution in [3.05, 3.63) is 34.5 Å². The summed E-state index contributed by atoms with van der Waals surface area (Å²) < 4.78 is 0. The molecule has 1 aliphatic carbocycles. The van der Waals surface area contributed by atoms with E-state index in [9.17, 15) is 9.59 Å². The molecular weight excluding hydrogens is 296 g/mol. The molecule has 2 amide bonds. The lowest BCUT2D eigenvalue weighted by molar-refractivity contribution is -0.142. The molecule has 0 radical (unpaired) electrons. The van der Waals surface area contributed by atoms with Crippen molar-refractivity contribution in [1.82, 2.24) is 9.80 Å². The minimum atomic E-state index is -0.111. The van der Waals surface area contributed by atoms with Gasteiger partial charge < -0.3 is 0 Å². The third-order valence-electron chi connectivity index (χ3n) is 5.16. The van der Waals surface area contributed by atoms with Gasteiger partial charge in [-0.15, -0.1) is 11.3 Å². The van der Waals surface area contributed by atoms with Crippen molar-refractivity contribution in [2.24, 2.45) is 11.8 Å². The number of imide groups is 1. The van der Waals surface area contributed by atoms with Gasteiger partial charge in [-0.3, -0.25) is 19.4 Å². The summed E-state index contributed by atoms with van der Waals surface area (Å²) in [7, 11) is 0. The maximum atomic E-state index is 12.6. The molecule has 116 valence electrons. The van der Waals surface area contributed by atoms with Gasteiger partial charge in [0.1, 0.15) is 0 Å². The number of allylic oxidation sites excluding steroid dienone is 2. The molecule has 0 saturated carbocycles. The molecule has 4 nitrogen and oxygen atoms in total. The third kappa shape index (κ3) is 2.23. The van der Waals surface area contributed by atoms with Crippen molar-refractivity contribution in [3.63, 3.8) is 0 Å². The van der Waals surface area contributed by atoms with E-state index in [-0.39, 0.29) is 23.7 Å². The molecule has 0 aromatic carbocycles. The summed E-state index contributed by atoms with van der Waals surface area (Å²) in [6.45, 7) is 1.43. The minimum Gasteiger partial charge on any atom is -0.278 e. The van der Waals surface area contributed by atoms with Crippen molar-refractivity contribution in [1.29, 1.82) is 0 Å². The Hall–Kier alpha value is -1.46. The molecule has 3 heterocycles. The number of carbonyl (C=O) groups excluding carboxylic acids is 2. The van der Waals surface area contributed by atoms with Crippen LogP contribution in [0.2, 0.25) is 0 Å². The summed E-state index contributed by atoms with van der Waals surface area (Å²) in [4.78, 5) is 30.3.